The van der Waals surface area contributed by atoms with Crippen molar-refractivity contribution in [2.24, 2.45) is 12.1 Å². The minimum Gasteiger partial charge on any atom is -0.490 e. The largest absolute Gasteiger partial charge is 0.490 e. The topological polar surface area (TPSA) is 125 Å². The second-order valence-corrected chi connectivity index (χ2v) is 5.30. The summed E-state index contributed by atoms with van der Waals surface area (Å²) in [5, 5.41) is 15.0. The Bertz CT molecular complexity index is 951. The van der Waals surface area contributed by atoms with Gasteiger partial charge in [0.2, 0.25) is 5.75 Å². The Morgan fingerprint density at radius 2 is 2.19 bits per heavy atom. The average molecular weight is 374 g/mol. The lowest BCUT2D eigenvalue weighted by Gasteiger charge is -2.10. The van der Waals surface area contributed by atoms with Gasteiger partial charge in [-0.15, -0.1) is 0 Å². The first kappa shape index (κ1) is 19.6. The Kier molecular flexibility index (Phi) is 6.26. The molecule has 1 N–H and O–H groups in total. The second kappa shape index (κ2) is 8.61. The highest BCUT2D eigenvalue weighted by molar-refractivity contribution is 5.94. The zero-order chi connectivity index (χ0) is 20.0. The van der Waals surface area contributed by atoms with Gasteiger partial charge in [0.25, 0.3) is 11.5 Å². The lowest BCUT2D eigenvalue weighted by atomic mass is 10.2. The summed E-state index contributed by atoms with van der Waals surface area (Å²) in [6.07, 6.45) is 2.73. The number of nitro benzene ring substituents is 1. The summed E-state index contributed by atoms with van der Waals surface area (Å²) in [5.41, 5.74) is 1.69. The fourth-order valence-electron chi connectivity index (χ4n) is 2.28. The number of rotatable bonds is 7. The Hall–Kier alpha value is -3.69. The molecular formula is C17H18N4O6. The van der Waals surface area contributed by atoms with Crippen LogP contribution in [0.1, 0.15) is 22.8 Å². The zero-order valence-corrected chi connectivity index (χ0v) is 15.0. The van der Waals surface area contributed by atoms with Gasteiger partial charge in [-0.05, 0) is 25.1 Å². The molecule has 0 unspecified atom stereocenters. The Balaban J connectivity index is 2.28. The van der Waals surface area contributed by atoms with Gasteiger partial charge in [-0.25, -0.2) is 5.43 Å². The summed E-state index contributed by atoms with van der Waals surface area (Å²) in [6, 6.07) is 5.66. The molecule has 2 rings (SSSR count). The third kappa shape index (κ3) is 4.48. The van der Waals surface area contributed by atoms with Crippen molar-refractivity contribution in [3.05, 3.63) is 62.1 Å². The van der Waals surface area contributed by atoms with Gasteiger partial charge in [0, 0.05) is 24.9 Å². The van der Waals surface area contributed by atoms with Gasteiger partial charge in [-0.3, -0.25) is 19.7 Å². The van der Waals surface area contributed by atoms with E-state index in [9.17, 15) is 19.7 Å². The molecule has 10 nitrogen and oxygen atoms in total. The quantitative estimate of drug-likeness (QED) is 0.444. The van der Waals surface area contributed by atoms with E-state index in [4.69, 9.17) is 9.47 Å². The van der Waals surface area contributed by atoms with Crippen molar-refractivity contribution in [3.63, 3.8) is 0 Å². The van der Waals surface area contributed by atoms with Crippen LogP contribution in [0.25, 0.3) is 0 Å². The van der Waals surface area contributed by atoms with Crippen molar-refractivity contribution in [1.29, 1.82) is 0 Å². The number of benzene rings is 1. The first-order chi connectivity index (χ1) is 12.9. The molecule has 2 aromatic rings. The van der Waals surface area contributed by atoms with Crippen LogP contribution >= 0.6 is 0 Å². The summed E-state index contributed by atoms with van der Waals surface area (Å²) in [5.74, 6) is -0.518. The van der Waals surface area contributed by atoms with Gasteiger partial charge in [0.15, 0.2) is 5.75 Å². The molecule has 27 heavy (non-hydrogen) atoms. The van der Waals surface area contributed by atoms with Gasteiger partial charge in [-0.2, -0.15) is 5.10 Å². The van der Waals surface area contributed by atoms with Crippen LogP contribution in [0, 0.1) is 10.1 Å². The second-order valence-electron chi connectivity index (χ2n) is 5.30. The van der Waals surface area contributed by atoms with Crippen molar-refractivity contribution in [2.75, 3.05) is 13.7 Å². The van der Waals surface area contributed by atoms with E-state index in [1.807, 2.05) is 0 Å². The lowest BCUT2D eigenvalue weighted by Crippen LogP contribution is -2.29. The number of methoxy groups -OCH3 is 1. The molecule has 0 spiro atoms. The predicted octanol–water partition coefficient (Wildman–Crippen LogP) is 1.46. The number of amides is 1. The molecule has 1 heterocycles. The number of nitrogens with one attached hydrogen (secondary N) is 1. The predicted molar refractivity (Wildman–Crippen MR) is 97.6 cm³/mol. The molecule has 0 fully saturated rings. The highest BCUT2D eigenvalue weighted by atomic mass is 16.6. The maximum absolute atomic E-state index is 12.1. The molecule has 0 aliphatic carbocycles. The number of nitrogens with zero attached hydrogens (tertiary/aromatic N) is 3. The third-order valence-electron chi connectivity index (χ3n) is 3.51. The van der Waals surface area contributed by atoms with Crippen LogP contribution in [-0.2, 0) is 7.05 Å². The number of aryl methyl sites for hydroxylation is 1. The summed E-state index contributed by atoms with van der Waals surface area (Å²) in [6.45, 7) is 2.01. The van der Waals surface area contributed by atoms with E-state index < -0.39 is 16.4 Å². The van der Waals surface area contributed by atoms with E-state index in [2.05, 4.69) is 10.5 Å². The molecule has 0 saturated carbocycles. The number of carbonyl (C=O) groups is 1. The highest BCUT2D eigenvalue weighted by Crippen LogP contribution is 2.37. The van der Waals surface area contributed by atoms with Gasteiger partial charge < -0.3 is 14.0 Å². The van der Waals surface area contributed by atoms with Crippen LogP contribution in [0.15, 0.2) is 40.4 Å². The molecule has 0 saturated heterocycles. The highest BCUT2D eigenvalue weighted by Gasteiger charge is 2.21. The number of carbonyl (C=O) groups excluding carboxylic acids is 1. The van der Waals surface area contributed by atoms with E-state index in [1.54, 1.807) is 13.0 Å². The SMILES string of the molecule is CCOc1cc(/C=N\NC(=O)c2cccn(C)c2=O)cc([N+](=O)[O-])c1OC. The van der Waals surface area contributed by atoms with Gasteiger partial charge in [0.05, 0.1) is 24.9 Å². The van der Waals surface area contributed by atoms with Gasteiger partial charge >= 0.3 is 5.69 Å². The van der Waals surface area contributed by atoms with Crippen molar-refractivity contribution in [2.45, 2.75) is 6.92 Å². The number of hydrazone groups is 1. The van der Waals surface area contributed by atoms with Crippen LogP contribution in [-0.4, -0.2) is 35.3 Å². The number of ether oxygens (including phenoxy) is 2. The van der Waals surface area contributed by atoms with Crippen LogP contribution in [0.5, 0.6) is 11.5 Å². The van der Waals surface area contributed by atoms with Crippen molar-refractivity contribution >= 4 is 17.8 Å². The maximum atomic E-state index is 12.1. The van der Waals surface area contributed by atoms with E-state index in [1.165, 1.54) is 49.3 Å². The molecule has 1 aromatic carbocycles. The summed E-state index contributed by atoms with van der Waals surface area (Å²) >= 11 is 0. The van der Waals surface area contributed by atoms with Crippen LogP contribution in [0.3, 0.4) is 0 Å². The minimum atomic E-state index is -0.694. The summed E-state index contributed by atoms with van der Waals surface area (Å²) in [7, 11) is 2.83. The molecule has 0 bridgehead atoms. The number of hydrogen-bond acceptors (Lipinski definition) is 7. The Morgan fingerprint density at radius 1 is 1.44 bits per heavy atom. The third-order valence-corrected chi connectivity index (χ3v) is 3.51. The van der Waals surface area contributed by atoms with Crippen molar-refractivity contribution in [3.8, 4) is 11.5 Å². The van der Waals surface area contributed by atoms with Crippen LogP contribution in [0.4, 0.5) is 5.69 Å². The number of aromatic nitrogens is 1. The molecule has 0 aliphatic heterocycles. The Morgan fingerprint density at radius 3 is 2.81 bits per heavy atom. The van der Waals surface area contributed by atoms with E-state index >= 15 is 0 Å². The van der Waals surface area contributed by atoms with Crippen LogP contribution in [0.2, 0.25) is 0 Å². The summed E-state index contributed by atoms with van der Waals surface area (Å²) in [4.78, 5) is 34.6. The molecule has 0 atom stereocenters. The maximum Gasteiger partial charge on any atom is 0.315 e. The van der Waals surface area contributed by atoms with Gasteiger partial charge in [0.1, 0.15) is 5.56 Å². The molecule has 10 heteroatoms. The van der Waals surface area contributed by atoms with Crippen molar-refractivity contribution < 1.29 is 19.2 Å². The van der Waals surface area contributed by atoms with Crippen LogP contribution < -0.4 is 20.5 Å². The van der Waals surface area contributed by atoms with E-state index in [0.29, 0.717) is 5.56 Å². The molecule has 1 aromatic heterocycles. The fraction of sp³-hybridized carbons (Fsp3) is 0.235. The number of pyridine rings is 1. The molecule has 0 radical (unpaired) electrons. The summed E-state index contributed by atoms with van der Waals surface area (Å²) < 4.78 is 11.7. The average Bonchev–Trinajstić information content (AvgIpc) is 2.63. The molecule has 0 aliphatic rings. The fourth-order valence-corrected chi connectivity index (χ4v) is 2.28. The standard InChI is InChI=1S/C17H18N4O6/c1-4-27-14-9-11(8-13(21(24)25)15(14)26-3)10-18-19-16(22)12-6-5-7-20(2)17(12)23/h5-10H,4H2,1-3H3,(H,19,22)/b18-10-. The molecule has 142 valence electrons. The number of hydrogen-bond donors (Lipinski definition) is 1. The minimum absolute atomic E-state index is 0.00387. The zero-order valence-electron chi connectivity index (χ0n) is 15.0. The molecular weight excluding hydrogens is 356 g/mol. The van der Waals surface area contributed by atoms with Crippen molar-refractivity contribution in [1.82, 2.24) is 9.99 Å². The first-order valence-electron chi connectivity index (χ1n) is 7.87. The molecule has 1 amide bonds. The van der Waals surface area contributed by atoms with E-state index in [-0.39, 0.29) is 29.4 Å². The Labute approximate surface area is 154 Å². The van der Waals surface area contributed by atoms with E-state index in [0.717, 1.165) is 0 Å². The monoisotopic (exact) mass is 374 g/mol. The smallest absolute Gasteiger partial charge is 0.315 e. The van der Waals surface area contributed by atoms with Gasteiger partial charge in [-0.1, -0.05) is 0 Å². The lowest BCUT2D eigenvalue weighted by molar-refractivity contribution is -0.385. The first-order valence-corrected chi connectivity index (χ1v) is 7.87. The normalized spacial score (nSPS) is 10.6. The number of nitro groups is 1.